The highest BCUT2D eigenvalue weighted by atomic mass is 32.2. The molecule has 0 saturated carbocycles. The van der Waals surface area contributed by atoms with Crippen LogP contribution in [0.25, 0.3) is 0 Å². The summed E-state index contributed by atoms with van der Waals surface area (Å²) >= 11 is 0. The third-order valence-corrected chi connectivity index (χ3v) is 6.87. The largest absolute Gasteiger partial charge is 0.496 e. The standard InChI is InChI=1S/C16H23NO5S/c1-10-11(2)15(8-7-14(10)22-4)23(20,21)17-9-5-6-13(12(17)3)16(18)19/h7-8,12-13H,5-6,9H2,1-4H3,(H,18,19)/t12-,13-/m0/s1. The highest BCUT2D eigenvalue weighted by Gasteiger charge is 2.40. The van der Waals surface area contributed by atoms with Crippen molar-refractivity contribution in [3.05, 3.63) is 23.3 Å². The quantitative estimate of drug-likeness (QED) is 0.907. The summed E-state index contributed by atoms with van der Waals surface area (Å²) in [4.78, 5) is 11.6. The van der Waals surface area contributed by atoms with Gasteiger partial charge >= 0.3 is 5.97 Å². The van der Waals surface area contributed by atoms with Crippen molar-refractivity contribution in [1.82, 2.24) is 4.31 Å². The van der Waals surface area contributed by atoms with Gasteiger partial charge < -0.3 is 9.84 Å². The van der Waals surface area contributed by atoms with Crippen LogP contribution in [0.15, 0.2) is 17.0 Å². The van der Waals surface area contributed by atoms with E-state index in [1.54, 1.807) is 27.0 Å². The van der Waals surface area contributed by atoms with Crippen LogP contribution in [0.4, 0.5) is 0 Å². The van der Waals surface area contributed by atoms with Crippen LogP contribution < -0.4 is 4.74 Å². The summed E-state index contributed by atoms with van der Waals surface area (Å²) in [5.74, 6) is -0.977. The van der Waals surface area contributed by atoms with E-state index < -0.39 is 28.0 Å². The van der Waals surface area contributed by atoms with E-state index in [1.807, 2.05) is 6.92 Å². The molecule has 1 aromatic carbocycles. The van der Waals surface area contributed by atoms with Crippen molar-refractivity contribution in [2.75, 3.05) is 13.7 Å². The first-order chi connectivity index (χ1) is 10.7. The van der Waals surface area contributed by atoms with Gasteiger partial charge in [-0.05, 0) is 56.9 Å². The number of carboxylic acids is 1. The molecular formula is C16H23NO5S. The fourth-order valence-corrected chi connectivity index (χ4v) is 5.17. The number of hydrogen-bond acceptors (Lipinski definition) is 4. The maximum Gasteiger partial charge on any atom is 0.308 e. The Bertz CT molecular complexity index is 713. The number of ether oxygens (including phenoxy) is 1. The van der Waals surface area contributed by atoms with Crippen molar-refractivity contribution in [1.29, 1.82) is 0 Å². The van der Waals surface area contributed by atoms with E-state index in [0.29, 0.717) is 30.7 Å². The van der Waals surface area contributed by atoms with Gasteiger partial charge in [0.1, 0.15) is 5.75 Å². The fraction of sp³-hybridized carbons (Fsp3) is 0.562. The van der Waals surface area contributed by atoms with Crippen LogP contribution in [0.5, 0.6) is 5.75 Å². The van der Waals surface area contributed by atoms with Crippen LogP contribution in [-0.4, -0.2) is 43.5 Å². The first-order valence-electron chi connectivity index (χ1n) is 7.60. The lowest BCUT2D eigenvalue weighted by molar-refractivity contribution is -0.144. The average Bonchev–Trinajstić information content (AvgIpc) is 2.49. The maximum absolute atomic E-state index is 13.0. The first-order valence-corrected chi connectivity index (χ1v) is 9.04. The number of nitrogens with zero attached hydrogens (tertiary/aromatic N) is 1. The van der Waals surface area contributed by atoms with E-state index in [2.05, 4.69) is 0 Å². The van der Waals surface area contributed by atoms with Crippen LogP contribution in [0.1, 0.15) is 30.9 Å². The van der Waals surface area contributed by atoms with E-state index in [0.717, 1.165) is 5.56 Å². The van der Waals surface area contributed by atoms with Gasteiger partial charge in [-0.25, -0.2) is 8.42 Å². The molecule has 1 saturated heterocycles. The number of hydrogen-bond donors (Lipinski definition) is 1. The van der Waals surface area contributed by atoms with E-state index in [-0.39, 0.29) is 4.90 Å². The molecular weight excluding hydrogens is 318 g/mol. The molecule has 0 amide bonds. The smallest absolute Gasteiger partial charge is 0.308 e. The van der Waals surface area contributed by atoms with Crippen molar-refractivity contribution in [3.8, 4) is 5.75 Å². The molecule has 23 heavy (non-hydrogen) atoms. The zero-order valence-electron chi connectivity index (χ0n) is 13.9. The van der Waals surface area contributed by atoms with Crippen LogP contribution in [0.2, 0.25) is 0 Å². The molecule has 0 radical (unpaired) electrons. The van der Waals surface area contributed by atoms with Gasteiger partial charge in [-0.15, -0.1) is 0 Å². The first kappa shape index (κ1) is 17.7. The molecule has 2 atom stereocenters. The van der Waals surface area contributed by atoms with Crippen LogP contribution in [-0.2, 0) is 14.8 Å². The van der Waals surface area contributed by atoms with Gasteiger partial charge in [-0.3, -0.25) is 4.79 Å². The van der Waals surface area contributed by atoms with E-state index in [4.69, 9.17) is 4.74 Å². The second-order valence-corrected chi connectivity index (χ2v) is 7.82. The zero-order valence-corrected chi connectivity index (χ0v) is 14.7. The lowest BCUT2D eigenvalue weighted by Crippen LogP contribution is -2.49. The summed E-state index contributed by atoms with van der Waals surface area (Å²) in [5.41, 5.74) is 1.40. The number of benzene rings is 1. The lowest BCUT2D eigenvalue weighted by Gasteiger charge is -2.36. The van der Waals surface area contributed by atoms with E-state index in [9.17, 15) is 18.3 Å². The van der Waals surface area contributed by atoms with E-state index >= 15 is 0 Å². The summed E-state index contributed by atoms with van der Waals surface area (Å²) in [6, 6.07) is 2.61. The Morgan fingerprint density at radius 2 is 1.96 bits per heavy atom. The average molecular weight is 341 g/mol. The summed E-state index contributed by atoms with van der Waals surface area (Å²) in [6.45, 7) is 5.57. The highest BCUT2D eigenvalue weighted by Crippen LogP contribution is 2.33. The molecule has 1 aliphatic rings. The van der Waals surface area contributed by atoms with Crippen molar-refractivity contribution in [2.24, 2.45) is 5.92 Å². The molecule has 0 spiro atoms. The SMILES string of the molecule is COc1ccc(S(=O)(=O)N2CCC[C@H](C(=O)O)[C@@H]2C)c(C)c1C. The number of piperidine rings is 1. The van der Waals surface area contributed by atoms with Gasteiger partial charge in [-0.1, -0.05) is 0 Å². The van der Waals surface area contributed by atoms with Crippen molar-refractivity contribution in [3.63, 3.8) is 0 Å². The number of rotatable bonds is 4. The van der Waals surface area contributed by atoms with Gasteiger partial charge in [0.25, 0.3) is 0 Å². The molecule has 1 fully saturated rings. The fourth-order valence-electron chi connectivity index (χ4n) is 3.18. The third-order valence-electron chi connectivity index (χ3n) is 4.74. The lowest BCUT2D eigenvalue weighted by atomic mass is 9.92. The minimum Gasteiger partial charge on any atom is -0.496 e. The van der Waals surface area contributed by atoms with Gasteiger partial charge in [0.15, 0.2) is 0 Å². The van der Waals surface area contributed by atoms with Crippen LogP contribution in [0, 0.1) is 19.8 Å². The van der Waals surface area contributed by atoms with Gasteiger partial charge in [0.2, 0.25) is 10.0 Å². The third kappa shape index (κ3) is 3.07. The van der Waals surface area contributed by atoms with Crippen molar-refractivity contribution in [2.45, 2.75) is 44.6 Å². The molecule has 128 valence electrons. The van der Waals surface area contributed by atoms with Gasteiger partial charge in [0, 0.05) is 12.6 Å². The number of aliphatic carboxylic acids is 1. The highest BCUT2D eigenvalue weighted by molar-refractivity contribution is 7.89. The maximum atomic E-state index is 13.0. The van der Waals surface area contributed by atoms with Crippen molar-refractivity contribution >= 4 is 16.0 Å². The molecule has 0 bridgehead atoms. The Kier molecular flexibility index (Phi) is 5.01. The van der Waals surface area contributed by atoms with Crippen molar-refractivity contribution < 1.29 is 23.1 Å². The molecule has 0 unspecified atom stereocenters. The topological polar surface area (TPSA) is 83.9 Å². The molecule has 1 N–H and O–H groups in total. The predicted molar refractivity (Wildman–Crippen MR) is 86.2 cm³/mol. The summed E-state index contributed by atoms with van der Waals surface area (Å²) < 4.78 is 32.6. The normalized spacial score (nSPS) is 22.8. The molecule has 1 heterocycles. The van der Waals surface area contributed by atoms with Gasteiger partial charge in [-0.2, -0.15) is 4.31 Å². The Balaban J connectivity index is 2.46. The Hall–Kier alpha value is -1.60. The molecule has 7 heteroatoms. The summed E-state index contributed by atoms with van der Waals surface area (Å²) in [5, 5.41) is 9.29. The van der Waals surface area contributed by atoms with E-state index in [1.165, 1.54) is 10.4 Å². The number of carboxylic acid groups (broad SMARTS) is 1. The Morgan fingerprint density at radius 3 is 2.52 bits per heavy atom. The minimum absolute atomic E-state index is 0.216. The molecule has 1 aliphatic heterocycles. The second kappa shape index (κ2) is 6.49. The number of carbonyl (C=O) groups is 1. The predicted octanol–water partition coefficient (Wildman–Crippen LogP) is 2.19. The summed E-state index contributed by atoms with van der Waals surface area (Å²) in [7, 11) is -2.20. The monoisotopic (exact) mass is 341 g/mol. The van der Waals surface area contributed by atoms with Gasteiger partial charge in [0.05, 0.1) is 17.9 Å². The Morgan fingerprint density at radius 1 is 1.30 bits per heavy atom. The molecule has 0 aromatic heterocycles. The van der Waals surface area contributed by atoms with Crippen LogP contribution in [0.3, 0.4) is 0 Å². The second-order valence-electron chi connectivity index (χ2n) is 5.96. The Labute approximate surface area is 137 Å². The molecule has 6 nitrogen and oxygen atoms in total. The minimum atomic E-state index is -3.74. The number of sulfonamides is 1. The molecule has 2 rings (SSSR count). The molecule has 0 aliphatic carbocycles. The summed E-state index contributed by atoms with van der Waals surface area (Å²) in [6.07, 6.45) is 1.05. The van der Waals surface area contributed by atoms with Crippen LogP contribution >= 0.6 is 0 Å². The zero-order chi connectivity index (χ0) is 17.4. The molecule has 1 aromatic rings. The number of methoxy groups -OCH3 is 1.